The molecule has 7 heteroatoms. The summed E-state index contributed by atoms with van der Waals surface area (Å²) in [5.74, 6) is -0.951. The fourth-order valence-corrected chi connectivity index (χ4v) is 3.08. The third kappa shape index (κ3) is 3.41. The third-order valence-electron chi connectivity index (χ3n) is 1.54. The van der Waals surface area contributed by atoms with Gasteiger partial charge >= 0.3 is 5.97 Å². The highest BCUT2D eigenvalue weighted by Gasteiger charge is 2.11. The molecule has 0 spiro atoms. The molecule has 4 N–H and O–H groups in total. The second kappa shape index (κ2) is 5.25. The molecule has 0 aliphatic rings. The fourth-order valence-electron chi connectivity index (χ4n) is 0.939. The molecule has 15 heavy (non-hydrogen) atoms. The van der Waals surface area contributed by atoms with E-state index >= 15 is 0 Å². The quantitative estimate of drug-likeness (QED) is 0.479. The number of nitrogens with one attached hydrogen (secondary N) is 1. The van der Waals surface area contributed by atoms with Crippen molar-refractivity contribution in [1.82, 2.24) is 0 Å². The molecule has 0 aromatic heterocycles. The van der Waals surface area contributed by atoms with Crippen LogP contribution in [0, 0.1) is 7.14 Å². The van der Waals surface area contributed by atoms with Crippen LogP contribution < -0.4 is 11.1 Å². The number of carbonyl (C=O) groups is 1. The Morgan fingerprint density at radius 1 is 1.40 bits per heavy atom. The van der Waals surface area contributed by atoms with Crippen molar-refractivity contribution in [3.05, 3.63) is 24.8 Å². The van der Waals surface area contributed by atoms with E-state index in [-0.39, 0.29) is 10.7 Å². The molecule has 0 aliphatic carbocycles. The van der Waals surface area contributed by atoms with Crippen LogP contribution in [0.2, 0.25) is 0 Å². The SMILES string of the molecule is NC(=S)Nc1c(I)cc(C(=O)O)cc1I. The number of halogens is 2. The molecule has 0 amide bonds. The van der Waals surface area contributed by atoms with E-state index in [9.17, 15) is 4.79 Å². The molecular weight excluding hydrogens is 442 g/mol. The summed E-state index contributed by atoms with van der Waals surface area (Å²) in [7, 11) is 0. The van der Waals surface area contributed by atoms with Crippen LogP contribution in [0.5, 0.6) is 0 Å². The van der Waals surface area contributed by atoms with Crippen molar-refractivity contribution in [2.75, 3.05) is 5.32 Å². The first-order valence-electron chi connectivity index (χ1n) is 3.70. The highest BCUT2D eigenvalue weighted by Crippen LogP contribution is 2.26. The first-order valence-corrected chi connectivity index (χ1v) is 6.27. The predicted octanol–water partition coefficient (Wildman–Crippen LogP) is 2.25. The standard InChI is InChI=1S/C8H6I2N2O2S/c9-4-1-3(7(13)14)2-5(10)6(4)12-8(11)15/h1-2H,(H,13,14)(H3,11,12,15). The van der Waals surface area contributed by atoms with Gasteiger partial charge in [0.15, 0.2) is 5.11 Å². The largest absolute Gasteiger partial charge is 0.478 e. The Morgan fingerprint density at radius 3 is 2.20 bits per heavy atom. The van der Waals surface area contributed by atoms with Crippen LogP contribution in [0.3, 0.4) is 0 Å². The maximum atomic E-state index is 10.8. The molecule has 0 heterocycles. The zero-order valence-electron chi connectivity index (χ0n) is 7.25. The van der Waals surface area contributed by atoms with Gasteiger partial charge in [-0.1, -0.05) is 0 Å². The van der Waals surface area contributed by atoms with Crippen molar-refractivity contribution >= 4 is 74.2 Å². The maximum Gasteiger partial charge on any atom is 0.335 e. The predicted molar refractivity (Wildman–Crippen MR) is 79.2 cm³/mol. The fraction of sp³-hybridized carbons (Fsp3) is 0. The molecule has 0 saturated carbocycles. The zero-order chi connectivity index (χ0) is 11.6. The summed E-state index contributed by atoms with van der Waals surface area (Å²) in [4.78, 5) is 10.8. The number of rotatable bonds is 2. The smallest absolute Gasteiger partial charge is 0.335 e. The zero-order valence-corrected chi connectivity index (χ0v) is 12.4. The van der Waals surface area contributed by atoms with Gasteiger partial charge in [-0.3, -0.25) is 0 Å². The molecule has 0 fully saturated rings. The Morgan fingerprint density at radius 2 is 1.87 bits per heavy atom. The van der Waals surface area contributed by atoms with Crippen molar-refractivity contribution in [1.29, 1.82) is 0 Å². The Bertz CT molecular complexity index is 414. The molecule has 4 nitrogen and oxygen atoms in total. The second-order valence-corrected chi connectivity index (χ2v) is 5.37. The Labute approximate surface area is 119 Å². The highest BCUT2D eigenvalue weighted by molar-refractivity contribution is 14.1. The Balaban J connectivity index is 3.21. The maximum absolute atomic E-state index is 10.8. The van der Waals surface area contributed by atoms with Gasteiger partial charge in [0.05, 0.1) is 11.3 Å². The molecule has 0 unspecified atom stereocenters. The lowest BCUT2D eigenvalue weighted by Crippen LogP contribution is -2.20. The summed E-state index contributed by atoms with van der Waals surface area (Å²) in [6.07, 6.45) is 0. The van der Waals surface area contributed by atoms with E-state index in [2.05, 4.69) is 5.32 Å². The molecule has 0 saturated heterocycles. The number of hydrogen-bond donors (Lipinski definition) is 3. The van der Waals surface area contributed by atoms with E-state index < -0.39 is 5.97 Å². The number of carboxylic acids is 1. The summed E-state index contributed by atoms with van der Waals surface area (Å²) in [6.45, 7) is 0. The number of benzene rings is 1. The van der Waals surface area contributed by atoms with E-state index in [4.69, 9.17) is 23.1 Å². The molecule has 0 atom stereocenters. The second-order valence-electron chi connectivity index (χ2n) is 2.61. The summed E-state index contributed by atoms with van der Waals surface area (Å²) in [5, 5.41) is 11.8. The van der Waals surface area contributed by atoms with Crippen LogP contribution in [0.1, 0.15) is 10.4 Å². The average molecular weight is 448 g/mol. The summed E-state index contributed by atoms with van der Waals surface area (Å²) in [6, 6.07) is 3.12. The van der Waals surface area contributed by atoms with Gasteiger partial charge in [0.2, 0.25) is 0 Å². The van der Waals surface area contributed by atoms with Gasteiger partial charge in [0.1, 0.15) is 0 Å². The van der Waals surface area contributed by atoms with E-state index in [0.29, 0.717) is 0 Å². The minimum Gasteiger partial charge on any atom is -0.478 e. The lowest BCUT2D eigenvalue weighted by atomic mass is 10.2. The normalized spacial score (nSPS) is 9.73. The molecular formula is C8H6I2N2O2S. The molecule has 1 rings (SSSR count). The monoisotopic (exact) mass is 448 g/mol. The Kier molecular flexibility index (Phi) is 4.52. The van der Waals surface area contributed by atoms with Gasteiger partial charge in [-0.2, -0.15) is 0 Å². The number of carboxylic acid groups (broad SMARTS) is 1. The summed E-state index contributed by atoms with van der Waals surface area (Å²) < 4.78 is 1.54. The molecule has 0 aliphatic heterocycles. The van der Waals surface area contributed by atoms with Gasteiger partial charge in [0, 0.05) is 7.14 Å². The van der Waals surface area contributed by atoms with Crippen LogP contribution >= 0.6 is 57.4 Å². The Hall–Kier alpha value is -0.160. The van der Waals surface area contributed by atoms with E-state index in [1.54, 1.807) is 12.1 Å². The first-order chi connectivity index (χ1) is 6.91. The van der Waals surface area contributed by atoms with Crippen molar-refractivity contribution in [3.63, 3.8) is 0 Å². The number of aromatic carboxylic acids is 1. The number of hydrogen-bond acceptors (Lipinski definition) is 2. The van der Waals surface area contributed by atoms with Gasteiger partial charge in [-0.15, -0.1) is 0 Å². The van der Waals surface area contributed by atoms with Gasteiger partial charge in [-0.25, -0.2) is 4.79 Å². The summed E-state index contributed by atoms with van der Waals surface area (Å²) in [5.41, 5.74) is 6.35. The number of nitrogens with two attached hydrogens (primary N) is 1. The number of thiocarbonyl (C=S) groups is 1. The average Bonchev–Trinajstić information content (AvgIpc) is 2.10. The van der Waals surface area contributed by atoms with Crippen LogP contribution in [0.25, 0.3) is 0 Å². The highest BCUT2D eigenvalue weighted by atomic mass is 127. The summed E-state index contributed by atoms with van der Waals surface area (Å²) >= 11 is 8.79. The molecule has 80 valence electrons. The van der Waals surface area contributed by atoms with E-state index in [0.717, 1.165) is 12.8 Å². The topological polar surface area (TPSA) is 75.3 Å². The third-order valence-corrected chi connectivity index (χ3v) is 3.34. The van der Waals surface area contributed by atoms with E-state index in [1.807, 2.05) is 45.2 Å². The molecule has 1 aromatic carbocycles. The lowest BCUT2D eigenvalue weighted by molar-refractivity contribution is 0.0697. The van der Waals surface area contributed by atoms with Crippen LogP contribution in [0.4, 0.5) is 5.69 Å². The van der Waals surface area contributed by atoms with E-state index in [1.165, 1.54) is 0 Å². The number of anilines is 1. The van der Waals surface area contributed by atoms with Crippen LogP contribution in [-0.2, 0) is 0 Å². The van der Waals surface area contributed by atoms with Crippen molar-refractivity contribution in [2.24, 2.45) is 5.73 Å². The lowest BCUT2D eigenvalue weighted by Gasteiger charge is -2.10. The molecule has 0 bridgehead atoms. The van der Waals surface area contributed by atoms with Crippen LogP contribution in [-0.4, -0.2) is 16.2 Å². The van der Waals surface area contributed by atoms with Crippen molar-refractivity contribution in [2.45, 2.75) is 0 Å². The minimum absolute atomic E-state index is 0.161. The van der Waals surface area contributed by atoms with Crippen molar-refractivity contribution in [3.8, 4) is 0 Å². The van der Waals surface area contributed by atoms with Gasteiger partial charge < -0.3 is 16.2 Å². The minimum atomic E-state index is -0.951. The molecule has 0 radical (unpaired) electrons. The van der Waals surface area contributed by atoms with Crippen LogP contribution in [0.15, 0.2) is 12.1 Å². The van der Waals surface area contributed by atoms with Gasteiger partial charge in [-0.05, 0) is 69.5 Å². The molecule has 1 aromatic rings. The van der Waals surface area contributed by atoms with Gasteiger partial charge in [0.25, 0.3) is 0 Å². The van der Waals surface area contributed by atoms with Crippen molar-refractivity contribution < 1.29 is 9.90 Å². The first kappa shape index (κ1) is 12.9.